The first kappa shape index (κ1) is 22.8. The fourth-order valence-corrected chi connectivity index (χ4v) is 3.16. The van der Waals surface area contributed by atoms with E-state index < -0.39 is 5.97 Å². The van der Waals surface area contributed by atoms with Crippen LogP contribution >= 0.6 is 24.0 Å². The number of hydrogen-bond acceptors (Lipinski definition) is 4. The number of H-pyrrole nitrogens is 1. The molecular weight excluding hydrogens is 483 g/mol. The average molecular weight is 510 g/mol. The van der Waals surface area contributed by atoms with Gasteiger partial charge in [0.1, 0.15) is 17.1 Å². The maximum Gasteiger partial charge on any atom is 0.341 e. The minimum Gasteiger partial charge on any atom is -0.465 e. The van der Waals surface area contributed by atoms with Crippen molar-refractivity contribution in [3.63, 3.8) is 0 Å². The highest BCUT2D eigenvalue weighted by Crippen LogP contribution is 2.19. The average Bonchev–Trinajstić information content (AvgIpc) is 3.26. The molecule has 0 fully saturated rings. The van der Waals surface area contributed by atoms with Crippen molar-refractivity contribution in [2.75, 3.05) is 20.7 Å². The van der Waals surface area contributed by atoms with Gasteiger partial charge < -0.3 is 24.8 Å². The number of aromatic nitrogens is 1. The van der Waals surface area contributed by atoms with Crippen molar-refractivity contribution in [1.29, 1.82) is 0 Å². The third-order valence-electron chi connectivity index (χ3n) is 4.64. The summed E-state index contributed by atoms with van der Waals surface area (Å²) in [5.41, 5.74) is 4.11. The molecule has 0 atom stereocenters. The van der Waals surface area contributed by atoms with Crippen LogP contribution in [0.5, 0.6) is 0 Å². The first-order valence-corrected chi connectivity index (χ1v) is 9.20. The van der Waals surface area contributed by atoms with Gasteiger partial charge in [-0.25, -0.2) is 4.79 Å². The van der Waals surface area contributed by atoms with Crippen LogP contribution in [0.15, 0.2) is 39.9 Å². The molecule has 3 N–H and O–H groups in total. The van der Waals surface area contributed by atoms with Crippen LogP contribution in [0.4, 0.5) is 0 Å². The molecule has 0 aliphatic carbocycles. The fourth-order valence-electron chi connectivity index (χ4n) is 3.16. The van der Waals surface area contributed by atoms with Gasteiger partial charge in [-0.2, -0.15) is 0 Å². The Balaban J connectivity index is 0.00000300. The second-order valence-electron chi connectivity index (χ2n) is 6.64. The van der Waals surface area contributed by atoms with Crippen molar-refractivity contribution in [2.45, 2.75) is 26.8 Å². The standard InChI is InChI=1S/C21H26N4O3.HI/c1-13-5-6-17-15(11-24-19(17)9-13)7-8-23-21(22-3)25-12-16-10-18(14(2)28-16)20(26)27-4;/h5-6,9-11,24H,7-8,12H2,1-4H3,(H2,22,23,25);1H. The van der Waals surface area contributed by atoms with Crippen molar-refractivity contribution in [1.82, 2.24) is 15.6 Å². The molecule has 7 nitrogen and oxygen atoms in total. The Hall–Kier alpha value is -2.49. The molecule has 0 amide bonds. The molecule has 2 aromatic heterocycles. The maximum absolute atomic E-state index is 11.7. The molecule has 0 radical (unpaired) electrons. The van der Waals surface area contributed by atoms with Gasteiger partial charge in [0.05, 0.1) is 13.7 Å². The largest absolute Gasteiger partial charge is 0.465 e. The number of halogens is 1. The smallest absolute Gasteiger partial charge is 0.341 e. The summed E-state index contributed by atoms with van der Waals surface area (Å²) in [4.78, 5) is 19.2. The van der Waals surface area contributed by atoms with E-state index in [-0.39, 0.29) is 24.0 Å². The van der Waals surface area contributed by atoms with Crippen LogP contribution in [-0.2, 0) is 17.7 Å². The number of carbonyl (C=O) groups is 1. The zero-order chi connectivity index (χ0) is 20.1. The number of esters is 1. The number of hydrogen-bond donors (Lipinski definition) is 3. The molecule has 29 heavy (non-hydrogen) atoms. The Morgan fingerprint density at radius 1 is 1.24 bits per heavy atom. The number of fused-ring (bicyclic) bond motifs is 1. The molecule has 0 saturated heterocycles. The van der Waals surface area contributed by atoms with Gasteiger partial charge in [0.25, 0.3) is 0 Å². The van der Waals surface area contributed by atoms with Crippen LogP contribution in [0, 0.1) is 13.8 Å². The van der Waals surface area contributed by atoms with E-state index in [1.165, 1.54) is 23.6 Å². The fraction of sp³-hybridized carbons (Fsp3) is 0.333. The molecule has 3 rings (SSSR count). The van der Waals surface area contributed by atoms with E-state index in [0.717, 1.165) is 18.5 Å². The topological polar surface area (TPSA) is 91.7 Å². The lowest BCUT2D eigenvalue weighted by Gasteiger charge is -2.10. The van der Waals surface area contributed by atoms with Crippen LogP contribution in [0.2, 0.25) is 0 Å². The summed E-state index contributed by atoms with van der Waals surface area (Å²) in [6.07, 6.45) is 2.93. The summed E-state index contributed by atoms with van der Waals surface area (Å²) < 4.78 is 10.3. The lowest BCUT2D eigenvalue weighted by atomic mass is 10.1. The zero-order valence-corrected chi connectivity index (χ0v) is 19.4. The van der Waals surface area contributed by atoms with Crippen molar-refractivity contribution >= 4 is 46.8 Å². The van der Waals surface area contributed by atoms with E-state index in [2.05, 4.69) is 51.9 Å². The molecule has 156 valence electrons. The quantitative estimate of drug-likeness (QED) is 0.204. The van der Waals surface area contributed by atoms with Crippen molar-refractivity contribution in [2.24, 2.45) is 4.99 Å². The Labute approximate surface area is 187 Å². The number of methoxy groups -OCH3 is 1. The van der Waals surface area contributed by atoms with Crippen molar-refractivity contribution in [3.05, 3.63) is 58.7 Å². The van der Waals surface area contributed by atoms with Crippen molar-refractivity contribution in [3.8, 4) is 0 Å². The van der Waals surface area contributed by atoms with E-state index in [4.69, 9.17) is 9.15 Å². The summed E-state index contributed by atoms with van der Waals surface area (Å²) in [6.45, 7) is 4.99. The molecule has 0 spiro atoms. The summed E-state index contributed by atoms with van der Waals surface area (Å²) in [5, 5.41) is 7.74. The summed E-state index contributed by atoms with van der Waals surface area (Å²) >= 11 is 0. The molecule has 0 aliphatic rings. The number of nitrogens with one attached hydrogen (secondary N) is 3. The maximum atomic E-state index is 11.7. The van der Waals surface area contributed by atoms with Gasteiger partial charge in [-0.15, -0.1) is 24.0 Å². The number of furan rings is 1. The molecular formula is C21H27IN4O3. The molecule has 3 aromatic rings. The van der Waals surface area contributed by atoms with E-state index >= 15 is 0 Å². The Morgan fingerprint density at radius 3 is 2.76 bits per heavy atom. The van der Waals surface area contributed by atoms with Crippen LogP contribution in [-0.4, -0.2) is 37.6 Å². The second-order valence-corrected chi connectivity index (χ2v) is 6.64. The molecule has 0 unspecified atom stereocenters. The van der Waals surface area contributed by atoms with E-state index in [1.807, 2.05) is 0 Å². The highest BCUT2D eigenvalue weighted by molar-refractivity contribution is 14.0. The molecule has 8 heteroatoms. The number of aliphatic imine (C=N–C) groups is 1. The molecule has 1 aromatic carbocycles. The molecule has 2 heterocycles. The van der Waals surface area contributed by atoms with Gasteiger partial charge in [-0.1, -0.05) is 12.1 Å². The normalized spacial score (nSPS) is 11.2. The lowest BCUT2D eigenvalue weighted by molar-refractivity contribution is 0.0599. The number of guanidine groups is 1. The number of nitrogens with zero attached hydrogens (tertiary/aromatic N) is 1. The summed E-state index contributed by atoms with van der Waals surface area (Å²) in [5.74, 6) is 1.46. The summed E-state index contributed by atoms with van der Waals surface area (Å²) in [6, 6.07) is 8.12. The predicted octanol–water partition coefficient (Wildman–Crippen LogP) is 3.69. The van der Waals surface area contributed by atoms with Gasteiger partial charge in [-0.3, -0.25) is 4.99 Å². The Morgan fingerprint density at radius 2 is 2.03 bits per heavy atom. The predicted molar refractivity (Wildman–Crippen MR) is 125 cm³/mol. The lowest BCUT2D eigenvalue weighted by Crippen LogP contribution is -2.37. The van der Waals surface area contributed by atoms with Gasteiger partial charge in [0.2, 0.25) is 0 Å². The first-order valence-electron chi connectivity index (χ1n) is 9.20. The van der Waals surface area contributed by atoms with Gasteiger partial charge in [0.15, 0.2) is 5.96 Å². The van der Waals surface area contributed by atoms with Crippen LogP contribution < -0.4 is 10.6 Å². The van der Waals surface area contributed by atoms with E-state index in [1.54, 1.807) is 20.0 Å². The van der Waals surface area contributed by atoms with Gasteiger partial charge in [0, 0.05) is 30.7 Å². The highest BCUT2D eigenvalue weighted by atomic mass is 127. The SMILES string of the molecule is CN=C(NCCc1c[nH]c2cc(C)ccc12)NCc1cc(C(=O)OC)c(C)o1.I. The van der Waals surface area contributed by atoms with Crippen LogP contribution in [0.3, 0.4) is 0 Å². The third-order valence-corrected chi connectivity index (χ3v) is 4.64. The second kappa shape index (κ2) is 10.3. The summed E-state index contributed by atoms with van der Waals surface area (Å²) in [7, 11) is 3.07. The Bertz CT molecular complexity index is 1010. The van der Waals surface area contributed by atoms with Crippen LogP contribution in [0.1, 0.15) is 33.0 Å². The molecule has 0 bridgehead atoms. The van der Waals surface area contributed by atoms with Crippen LogP contribution in [0.25, 0.3) is 10.9 Å². The first-order chi connectivity index (χ1) is 13.5. The molecule has 0 aliphatic heterocycles. The number of aromatic amines is 1. The van der Waals surface area contributed by atoms with Crippen molar-refractivity contribution < 1.29 is 13.9 Å². The number of rotatable bonds is 6. The number of carbonyl (C=O) groups excluding carboxylic acids is 1. The van der Waals surface area contributed by atoms with Gasteiger partial charge >= 0.3 is 5.97 Å². The minimum absolute atomic E-state index is 0. The number of aryl methyl sites for hydroxylation is 2. The highest BCUT2D eigenvalue weighted by Gasteiger charge is 2.15. The van der Waals surface area contributed by atoms with E-state index in [0.29, 0.717) is 29.6 Å². The molecule has 0 saturated carbocycles. The minimum atomic E-state index is -0.399. The Kier molecular flexibility index (Phi) is 8.12. The number of ether oxygens (including phenoxy) is 1. The monoisotopic (exact) mass is 510 g/mol. The number of benzene rings is 1. The van der Waals surface area contributed by atoms with E-state index in [9.17, 15) is 4.79 Å². The zero-order valence-electron chi connectivity index (χ0n) is 17.1. The third kappa shape index (κ3) is 5.53. The van der Waals surface area contributed by atoms with Gasteiger partial charge in [-0.05, 0) is 43.5 Å².